The summed E-state index contributed by atoms with van der Waals surface area (Å²) in [4.78, 5) is 27.5. The van der Waals surface area contributed by atoms with Gasteiger partial charge in [-0.3, -0.25) is 14.7 Å². The fourth-order valence-corrected chi connectivity index (χ4v) is 1.96. The third kappa shape index (κ3) is 2.14. The third-order valence-corrected chi connectivity index (χ3v) is 2.97. The second kappa shape index (κ2) is 4.78. The first-order valence-electron chi connectivity index (χ1n) is 6.00. The summed E-state index contributed by atoms with van der Waals surface area (Å²) in [5.41, 5.74) is 1.96. The van der Waals surface area contributed by atoms with Crippen LogP contribution in [0.1, 0.15) is 16.9 Å². The number of rotatable bonds is 3. The van der Waals surface area contributed by atoms with Crippen LogP contribution in [-0.4, -0.2) is 33.8 Å². The van der Waals surface area contributed by atoms with Crippen LogP contribution in [0, 0.1) is 0 Å². The maximum Gasteiger partial charge on any atom is 0.353 e. The van der Waals surface area contributed by atoms with E-state index in [9.17, 15) is 9.59 Å². The smallest absolute Gasteiger partial charge is 0.353 e. The lowest BCUT2D eigenvalue weighted by Crippen LogP contribution is -2.21. The number of hydrogen-bond donors (Lipinski definition) is 2. The van der Waals surface area contributed by atoms with E-state index in [4.69, 9.17) is 9.94 Å². The number of nitrogens with one attached hydrogen (secondary N) is 1. The summed E-state index contributed by atoms with van der Waals surface area (Å²) >= 11 is 0. The zero-order chi connectivity index (χ0) is 14.1. The van der Waals surface area contributed by atoms with Gasteiger partial charge in [0.05, 0.1) is 24.4 Å². The molecule has 2 N–H and O–H groups in total. The van der Waals surface area contributed by atoms with Crippen LogP contribution in [-0.2, 0) is 9.63 Å². The highest BCUT2D eigenvalue weighted by Crippen LogP contribution is 2.24. The summed E-state index contributed by atoms with van der Waals surface area (Å²) in [6, 6.07) is 8.42. The summed E-state index contributed by atoms with van der Waals surface area (Å²) in [6.45, 7) is 0.391. The normalized spacial score (nSPS) is 14.8. The number of anilines is 1. The molecule has 0 unspecified atom stereocenters. The van der Waals surface area contributed by atoms with Crippen LogP contribution in [0.5, 0.6) is 0 Å². The number of aromatic carboxylic acids is 1. The molecule has 0 spiro atoms. The number of benzene rings is 1. The molecule has 1 amide bonds. The van der Waals surface area contributed by atoms with Crippen LogP contribution >= 0.6 is 0 Å². The number of aromatic nitrogens is 2. The van der Waals surface area contributed by atoms with Crippen molar-refractivity contribution in [1.82, 2.24) is 10.2 Å². The topological polar surface area (TPSA) is 95.5 Å². The maximum atomic E-state index is 11.5. The van der Waals surface area contributed by atoms with Crippen LogP contribution in [0.3, 0.4) is 0 Å². The summed E-state index contributed by atoms with van der Waals surface area (Å²) in [6.07, 6.45) is 0.378. The average molecular weight is 273 g/mol. The van der Waals surface area contributed by atoms with Gasteiger partial charge in [0.1, 0.15) is 5.69 Å². The van der Waals surface area contributed by atoms with Gasteiger partial charge in [-0.1, -0.05) is 12.1 Å². The summed E-state index contributed by atoms with van der Waals surface area (Å²) in [7, 11) is 0. The highest BCUT2D eigenvalue weighted by Gasteiger charge is 2.23. The Bertz CT molecular complexity index is 663. The molecule has 20 heavy (non-hydrogen) atoms. The molecule has 0 atom stereocenters. The van der Waals surface area contributed by atoms with Crippen LogP contribution in [0.2, 0.25) is 0 Å². The van der Waals surface area contributed by atoms with Crippen LogP contribution in [0.4, 0.5) is 5.69 Å². The van der Waals surface area contributed by atoms with E-state index in [1.165, 1.54) is 11.1 Å². The van der Waals surface area contributed by atoms with E-state index in [2.05, 4.69) is 10.2 Å². The molecule has 1 aliphatic rings. The maximum absolute atomic E-state index is 11.5. The number of carbonyl (C=O) groups excluding carboxylic acids is 1. The SMILES string of the molecule is O=C(O)c1cc(-c2ccc(N3OCCC3=O)cc2)n[nH]1. The molecule has 7 nitrogen and oxygen atoms in total. The van der Waals surface area contributed by atoms with E-state index in [0.717, 1.165) is 5.56 Å². The van der Waals surface area contributed by atoms with Gasteiger partial charge in [0.2, 0.25) is 0 Å². The lowest BCUT2D eigenvalue weighted by molar-refractivity contribution is -0.119. The molecule has 102 valence electrons. The molecule has 1 aliphatic heterocycles. The van der Waals surface area contributed by atoms with Gasteiger partial charge in [-0.2, -0.15) is 10.2 Å². The number of H-pyrrole nitrogens is 1. The molecule has 1 saturated heterocycles. The Morgan fingerprint density at radius 2 is 2.10 bits per heavy atom. The van der Waals surface area contributed by atoms with Gasteiger partial charge in [0.25, 0.3) is 5.91 Å². The van der Waals surface area contributed by atoms with Crippen LogP contribution in [0.15, 0.2) is 30.3 Å². The van der Waals surface area contributed by atoms with Crippen molar-refractivity contribution in [2.75, 3.05) is 11.7 Å². The zero-order valence-electron chi connectivity index (χ0n) is 10.4. The van der Waals surface area contributed by atoms with Crippen LogP contribution in [0.25, 0.3) is 11.3 Å². The van der Waals surface area contributed by atoms with Crippen molar-refractivity contribution in [3.8, 4) is 11.3 Å². The molecule has 0 radical (unpaired) electrons. The predicted molar refractivity (Wildman–Crippen MR) is 69.0 cm³/mol. The Labute approximate surface area is 113 Å². The minimum atomic E-state index is -1.06. The van der Waals surface area contributed by atoms with Gasteiger partial charge < -0.3 is 5.11 Å². The molecule has 2 heterocycles. The molecule has 1 aromatic heterocycles. The molecule has 1 fully saturated rings. The van der Waals surface area contributed by atoms with E-state index in [1.54, 1.807) is 24.3 Å². The van der Waals surface area contributed by atoms with Gasteiger partial charge in [-0.05, 0) is 18.2 Å². The molecule has 3 rings (SSSR count). The zero-order valence-corrected chi connectivity index (χ0v) is 10.4. The van der Waals surface area contributed by atoms with E-state index >= 15 is 0 Å². The van der Waals surface area contributed by atoms with Crippen molar-refractivity contribution in [3.05, 3.63) is 36.0 Å². The minimum Gasteiger partial charge on any atom is -0.477 e. The Hall–Kier alpha value is -2.67. The monoisotopic (exact) mass is 273 g/mol. The van der Waals surface area contributed by atoms with Crippen molar-refractivity contribution in [3.63, 3.8) is 0 Å². The number of hydroxylamine groups is 1. The van der Waals surface area contributed by atoms with Crippen molar-refractivity contribution in [1.29, 1.82) is 0 Å². The van der Waals surface area contributed by atoms with Crippen molar-refractivity contribution in [2.24, 2.45) is 0 Å². The van der Waals surface area contributed by atoms with E-state index < -0.39 is 5.97 Å². The Kier molecular flexibility index (Phi) is 2.96. The number of nitrogens with zero attached hydrogens (tertiary/aromatic N) is 2. The molecule has 2 aromatic rings. The highest BCUT2D eigenvalue weighted by molar-refractivity contribution is 5.93. The minimum absolute atomic E-state index is 0.0298. The van der Waals surface area contributed by atoms with E-state index in [0.29, 0.717) is 24.4 Å². The first kappa shape index (κ1) is 12.4. The summed E-state index contributed by atoms with van der Waals surface area (Å²) in [5, 5.41) is 16.5. The Morgan fingerprint density at radius 1 is 1.35 bits per heavy atom. The fraction of sp³-hybridized carbons (Fsp3) is 0.154. The number of carbonyl (C=O) groups is 2. The average Bonchev–Trinajstić information content (AvgIpc) is 3.07. The predicted octanol–water partition coefficient (Wildman–Crippen LogP) is 1.44. The number of aromatic amines is 1. The van der Waals surface area contributed by atoms with Crippen molar-refractivity contribution >= 4 is 17.6 Å². The molecular weight excluding hydrogens is 262 g/mol. The molecule has 0 saturated carbocycles. The standard InChI is InChI=1S/C13H11N3O4/c17-12-5-6-20-16(12)9-3-1-8(2-4-9)10-7-11(13(18)19)15-14-10/h1-4,7H,5-6H2,(H,14,15)(H,18,19). The molecule has 0 aliphatic carbocycles. The first-order valence-corrected chi connectivity index (χ1v) is 6.00. The van der Waals surface area contributed by atoms with Crippen molar-refractivity contribution < 1.29 is 19.5 Å². The van der Waals surface area contributed by atoms with Crippen molar-refractivity contribution in [2.45, 2.75) is 6.42 Å². The van der Waals surface area contributed by atoms with E-state index in [1.807, 2.05) is 0 Å². The quantitative estimate of drug-likeness (QED) is 0.882. The lowest BCUT2D eigenvalue weighted by atomic mass is 10.1. The largest absolute Gasteiger partial charge is 0.477 e. The second-order valence-corrected chi connectivity index (χ2v) is 4.29. The van der Waals surface area contributed by atoms with Gasteiger partial charge in [0.15, 0.2) is 0 Å². The summed E-state index contributed by atoms with van der Waals surface area (Å²) < 4.78 is 0. The van der Waals surface area contributed by atoms with Gasteiger partial charge in [-0.15, -0.1) is 0 Å². The molecular formula is C13H11N3O4. The molecule has 0 bridgehead atoms. The van der Waals surface area contributed by atoms with E-state index in [-0.39, 0.29) is 11.6 Å². The fourth-order valence-electron chi connectivity index (χ4n) is 1.96. The summed E-state index contributed by atoms with van der Waals surface area (Å²) in [5.74, 6) is -1.14. The second-order valence-electron chi connectivity index (χ2n) is 4.29. The Balaban J connectivity index is 1.85. The first-order chi connectivity index (χ1) is 9.65. The molecule has 7 heteroatoms. The van der Waals surface area contributed by atoms with Gasteiger partial charge in [0, 0.05) is 5.56 Å². The number of carboxylic acids is 1. The van der Waals surface area contributed by atoms with Crippen LogP contribution < -0.4 is 5.06 Å². The number of carboxylic acid groups (broad SMARTS) is 1. The van der Waals surface area contributed by atoms with Gasteiger partial charge >= 0.3 is 5.97 Å². The molecule has 1 aromatic carbocycles. The highest BCUT2D eigenvalue weighted by atomic mass is 16.7. The Morgan fingerprint density at radius 3 is 2.65 bits per heavy atom. The number of hydrogen-bond acceptors (Lipinski definition) is 4. The van der Waals surface area contributed by atoms with Gasteiger partial charge in [-0.25, -0.2) is 4.79 Å². The number of amides is 1. The lowest BCUT2D eigenvalue weighted by Gasteiger charge is -2.13. The third-order valence-electron chi connectivity index (χ3n) is 2.97.